The molecule has 3 N–H and O–H groups in total. The molecule has 1 aliphatic rings. The highest BCUT2D eigenvalue weighted by atomic mass is 19.1. The van der Waals surface area contributed by atoms with Crippen LogP contribution in [0.25, 0.3) is 0 Å². The summed E-state index contributed by atoms with van der Waals surface area (Å²) in [7, 11) is 1.95. The molecule has 1 aliphatic carbocycles. The van der Waals surface area contributed by atoms with Crippen molar-refractivity contribution in [1.82, 2.24) is 10.2 Å². The maximum Gasteiger partial charge on any atom is 0.293 e. The maximum absolute atomic E-state index is 13.7. The van der Waals surface area contributed by atoms with Crippen molar-refractivity contribution in [3.63, 3.8) is 0 Å². The Bertz CT molecular complexity index is 575. The number of nitro groups is 1. The molecule has 21 heavy (non-hydrogen) atoms. The topological polar surface area (TPSA) is 102 Å². The van der Waals surface area contributed by atoms with Crippen LogP contribution < -0.4 is 11.1 Å². The number of carbonyl (C=O) groups is 1. The molecule has 1 aromatic carbocycles. The largest absolute Gasteiger partial charge is 0.392 e. The van der Waals surface area contributed by atoms with Crippen LogP contribution in [-0.2, 0) is 0 Å². The third-order valence-electron chi connectivity index (χ3n) is 3.52. The van der Waals surface area contributed by atoms with E-state index in [2.05, 4.69) is 10.2 Å². The highest BCUT2D eigenvalue weighted by molar-refractivity contribution is 6.01. The van der Waals surface area contributed by atoms with Crippen molar-refractivity contribution < 1.29 is 14.1 Å². The standard InChI is InChI=1S/C13H17FN4O3/c1-17(8-2-3-8)7-6-16-13(19)11-9(14)4-5-10(12(11)15)18(20)21/h4-5,8H,2-3,6-7,15H2,1H3,(H,16,19). The minimum atomic E-state index is -0.869. The zero-order valence-electron chi connectivity index (χ0n) is 11.6. The highest BCUT2D eigenvalue weighted by Gasteiger charge is 2.26. The van der Waals surface area contributed by atoms with Crippen molar-refractivity contribution in [2.45, 2.75) is 18.9 Å². The van der Waals surface area contributed by atoms with Gasteiger partial charge in [0.2, 0.25) is 0 Å². The first-order valence-corrected chi connectivity index (χ1v) is 6.62. The number of anilines is 1. The molecule has 1 saturated carbocycles. The molecule has 1 aromatic rings. The molecule has 1 amide bonds. The van der Waals surface area contributed by atoms with E-state index in [0.717, 1.165) is 25.0 Å². The average Bonchev–Trinajstić information content (AvgIpc) is 3.22. The second-order valence-corrected chi connectivity index (χ2v) is 5.08. The molecule has 114 valence electrons. The molecule has 0 saturated heterocycles. The normalized spacial score (nSPS) is 14.2. The lowest BCUT2D eigenvalue weighted by molar-refractivity contribution is -0.384. The Kier molecular flexibility index (Phi) is 4.37. The summed E-state index contributed by atoms with van der Waals surface area (Å²) in [6, 6.07) is 2.38. The second kappa shape index (κ2) is 6.04. The summed E-state index contributed by atoms with van der Waals surface area (Å²) in [5.74, 6) is -1.61. The van der Waals surface area contributed by atoms with Gasteiger partial charge >= 0.3 is 0 Å². The van der Waals surface area contributed by atoms with E-state index in [4.69, 9.17) is 5.73 Å². The number of nitrogens with one attached hydrogen (secondary N) is 1. The lowest BCUT2D eigenvalue weighted by Crippen LogP contribution is -2.34. The number of carbonyl (C=O) groups excluding carboxylic acids is 1. The Morgan fingerprint density at radius 3 is 2.81 bits per heavy atom. The van der Waals surface area contributed by atoms with E-state index >= 15 is 0 Å². The van der Waals surface area contributed by atoms with Crippen LogP contribution in [-0.4, -0.2) is 41.9 Å². The SMILES string of the molecule is CN(CCNC(=O)c1c(F)ccc([N+](=O)[O-])c1N)C1CC1. The van der Waals surface area contributed by atoms with Crippen molar-refractivity contribution >= 4 is 17.3 Å². The lowest BCUT2D eigenvalue weighted by atomic mass is 10.1. The minimum absolute atomic E-state index is 0.327. The van der Waals surface area contributed by atoms with E-state index < -0.39 is 33.6 Å². The summed E-state index contributed by atoms with van der Waals surface area (Å²) >= 11 is 0. The van der Waals surface area contributed by atoms with E-state index in [-0.39, 0.29) is 0 Å². The van der Waals surface area contributed by atoms with Crippen LogP contribution in [0, 0.1) is 15.9 Å². The number of benzene rings is 1. The molecule has 8 heteroatoms. The van der Waals surface area contributed by atoms with Gasteiger partial charge in [0.15, 0.2) is 0 Å². The number of nitrogen functional groups attached to an aromatic ring is 1. The van der Waals surface area contributed by atoms with Crippen LogP contribution in [0.2, 0.25) is 0 Å². The quantitative estimate of drug-likeness (QED) is 0.465. The molecule has 0 spiro atoms. The monoisotopic (exact) mass is 296 g/mol. The number of nitrogens with zero attached hydrogens (tertiary/aromatic N) is 2. The van der Waals surface area contributed by atoms with E-state index in [9.17, 15) is 19.3 Å². The van der Waals surface area contributed by atoms with Gasteiger partial charge in [0.05, 0.1) is 4.92 Å². The van der Waals surface area contributed by atoms with Gasteiger partial charge in [0.1, 0.15) is 17.1 Å². The minimum Gasteiger partial charge on any atom is -0.392 e. The number of rotatable bonds is 6. The number of nitro benzene ring substituents is 1. The van der Waals surface area contributed by atoms with Gasteiger partial charge in [-0.25, -0.2) is 4.39 Å². The van der Waals surface area contributed by atoms with Crippen LogP contribution in [0.3, 0.4) is 0 Å². The van der Waals surface area contributed by atoms with Gasteiger partial charge in [-0.05, 0) is 26.0 Å². The number of nitrogens with two attached hydrogens (primary N) is 1. The molecule has 0 aromatic heterocycles. The molecule has 7 nitrogen and oxygen atoms in total. The van der Waals surface area contributed by atoms with Gasteiger partial charge in [0, 0.05) is 25.2 Å². The van der Waals surface area contributed by atoms with Crippen LogP contribution in [0.1, 0.15) is 23.2 Å². The fraction of sp³-hybridized carbons (Fsp3) is 0.462. The molecule has 2 rings (SSSR count). The summed E-state index contributed by atoms with van der Waals surface area (Å²) in [6.07, 6.45) is 2.30. The Morgan fingerprint density at radius 2 is 2.24 bits per heavy atom. The van der Waals surface area contributed by atoms with E-state index in [0.29, 0.717) is 19.1 Å². The number of hydrogen-bond acceptors (Lipinski definition) is 5. The van der Waals surface area contributed by atoms with Gasteiger partial charge < -0.3 is 16.0 Å². The van der Waals surface area contributed by atoms with Gasteiger partial charge in [-0.2, -0.15) is 0 Å². The van der Waals surface area contributed by atoms with E-state index in [1.807, 2.05) is 7.05 Å². The number of halogens is 1. The molecule has 1 fully saturated rings. The summed E-state index contributed by atoms with van der Waals surface area (Å²) in [4.78, 5) is 24.1. The first kappa shape index (κ1) is 15.2. The summed E-state index contributed by atoms with van der Waals surface area (Å²) in [6.45, 7) is 0.959. The third-order valence-corrected chi connectivity index (χ3v) is 3.52. The average molecular weight is 296 g/mol. The predicted molar refractivity (Wildman–Crippen MR) is 75.5 cm³/mol. The second-order valence-electron chi connectivity index (χ2n) is 5.08. The molecule has 0 radical (unpaired) electrons. The van der Waals surface area contributed by atoms with Gasteiger partial charge in [0.25, 0.3) is 11.6 Å². The van der Waals surface area contributed by atoms with Crippen LogP contribution in [0.5, 0.6) is 0 Å². The maximum atomic E-state index is 13.7. The van der Waals surface area contributed by atoms with Gasteiger partial charge in [-0.3, -0.25) is 14.9 Å². The van der Waals surface area contributed by atoms with Gasteiger partial charge in [-0.15, -0.1) is 0 Å². The molecule has 0 atom stereocenters. The fourth-order valence-corrected chi connectivity index (χ4v) is 2.10. The zero-order valence-corrected chi connectivity index (χ0v) is 11.6. The first-order valence-electron chi connectivity index (χ1n) is 6.62. The molecular weight excluding hydrogens is 279 g/mol. The van der Waals surface area contributed by atoms with Gasteiger partial charge in [-0.1, -0.05) is 0 Å². The highest BCUT2D eigenvalue weighted by Crippen LogP contribution is 2.27. The van der Waals surface area contributed by atoms with E-state index in [1.54, 1.807) is 0 Å². The molecule has 0 aliphatic heterocycles. The Balaban J connectivity index is 2.04. The van der Waals surface area contributed by atoms with Crippen LogP contribution in [0.15, 0.2) is 12.1 Å². The number of hydrogen-bond donors (Lipinski definition) is 2. The lowest BCUT2D eigenvalue weighted by Gasteiger charge is -2.16. The zero-order chi connectivity index (χ0) is 15.6. The van der Waals surface area contributed by atoms with Crippen molar-refractivity contribution in [1.29, 1.82) is 0 Å². The van der Waals surface area contributed by atoms with Crippen molar-refractivity contribution in [3.8, 4) is 0 Å². The summed E-state index contributed by atoms with van der Waals surface area (Å²) in [5, 5.41) is 13.3. The first-order chi connectivity index (χ1) is 9.91. The van der Waals surface area contributed by atoms with Crippen LogP contribution in [0.4, 0.5) is 15.8 Å². The summed E-state index contributed by atoms with van der Waals surface area (Å²) < 4.78 is 13.7. The Morgan fingerprint density at radius 1 is 1.57 bits per heavy atom. The number of likely N-dealkylation sites (N-methyl/N-ethyl adjacent to an activating group) is 1. The molecule has 0 bridgehead atoms. The van der Waals surface area contributed by atoms with Crippen molar-refractivity contribution in [2.24, 2.45) is 0 Å². The third kappa shape index (κ3) is 3.46. The van der Waals surface area contributed by atoms with Crippen LogP contribution >= 0.6 is 0 Å². The molecular formula is C13H17FN4O3. The molecule has 0 unspecified atom stereocenters. The Hall–Kier alpha value is -2.22. The van der Waals surface area contributed by atoms with E-state index in [1.165, 1.54) is 0 Å². The number of amides is 1. The fourth-order valence-electron chi connectivity index (χ4n) is 2.10. The summed E-state index contributed by atoms with van der Waals surface area (Å²) in [5.41, 5.74) is 4.12. The smallest absolute Gasteiger partial charge is 0.293 e. The van der Waals surface area contributed by atoms with Crippen molar-refractivity contribution in [3.05, 3.63) is 33.6 Å². The van der Waals surface area contributed by atoms with Crippen molar-refractivity contribution in [2.75, 3.05) is 25.9 Å². The Labute approximate surface area is 121 Å². The predicted octanol–water partition coefficient (Wildman–Crippen LogP) is 1.14. The molecule has 0 heterocycles.